The molecule has 0 atom stereocenters. The van der Waals surface area contributed by atoms with Crippen LogP contribution in [0.15, 0.2) is 18.2 Å². The fourth-order valence-electron chi connectivity index (χ4n) is 1.64. The van der Waals surface area contributed by atoms with Gasteiger partial charge < -0.3 is 10.6 Å². The number of halogens is 1. The zero-order valence-electron chi connectivity index (χ0n) is 8.35. The Labute approximate surface area is 93.8 Å². The van der Waals surface area contributed by atoms with E-state index < -0.39 is 0 Å². The van der Waals surface area contributed by atoms with Crippen LogP contribution in [0.3, 0.4) is 0 Å². The van der Waals surface area contributed by atoms with E-state index in [1.807, 2.05) is 18.2 Å². The molecule has 0 aromatic heterocycles. The number of carbonyl (C=O) groups excluding carboxylic acids is 1. The second kappa shape index (κ2) is 4.53. The van der Waals surface area contributed by atoms with Crippen molar-refractivity contribution >= 4 is 28.9 Å². The molecule has 15 heavy (non-hydrogen) atoms. The number of carbonyl (C=O) groups is 1. The van der Waals surface area contributed by atoms with Gasteiger partial charge in [-0.25, -0.2) is 0 Å². The van der Waals surface area contributed by atoms with E-state index in [0.29, 0.717) is 12.3 Å². The molecule has 0 aliphatic carbocycles. The lowest BCUT2D eigenvalue weighted by atomic mass is 10.1. The first kappa shape index (κ1) is 10.3. The molecular weight excluding hydrogens is 212 g/mol. The van der Waals surface area contributed by atoms with E-state index in [2.05, 4.69) is 10.6 Å². The second-order valence-electron chi connectivity index (χ2n) is 3.57. The molecule has 4 heteroatoms. The monoisotopic (exact) mass is 224 g/mol. The first-order valence-electron chi connectivity index (χ1n) is 5.02. The van der Waals surface area contributed by atoms with Crippen LogP contribution in [0.25, 0.3) is 0 Å². The molecule has 1 aromatic carbocycles. The number of rotatable bonds is 4. The number of alkyl halides is 1. The molecule has 80 valence electrons. The first-order chi connectivity index (χ1) is 7.29. The molecule has 2 rings (SSSR count). The lowest BCUT2D eigenvalue weighted by molar-refractivity contribution is -0.115. The highest BCUT2D eigenvalue weighted by Gasteiger charge is 2.16. The molecule has 1 aromatic rings. The van der Waals surface area contributed by atoms with Gasteiger partial charge in [0.1, 0.15) is 0 Å². The minimum absolute atomic E-state index is 0.0721. The summed E-state index contributed by atoms with van der Waals surface area (Å²) in [5.74, 6) is 0.737. The molecule has 1 heterocycles. The van der Waals surface area contributed by atoms with Gasteiger partial charge in [0.2, 0.25) is 5.91 Å². The van der Waals surface area contributed by atoms with Crippen molar-refractivity contribution in [1.29, 1.82) is 0 Å². The van der Waals surface area contributed by atoms with E-state index in [-0.39, 0.29) is 5.91 Å². The molecule has 3 nitrogen and oxygen atoms in total. The Morgan fingerprint density at radius 3 is 3.13 bits per heavy atom. The molecule has 0 fully saturated rings. The van der Waals surface area contributed by atoms with Gasteiger partial charge in [-0.3, -0.25) is 4.79 Å². The highest BCUT2D eigenvalue weighted by molar-refractivity contribution is 6.17. The van der Waals surface area contributed by atoms with E-state index >= 15 is 0 Å². The van der Waals surface area contributed by atoms with Crippen molar-refractivity contribution in [1.82, 2.24) is 0 Å². The van der Waals surface area contributed by atoms with Gasteiger partial charge in [0, 0.05) is 23.8 Å². The first-order valence-corrected chi connectivity index (χ1v) is 5.55. The third kappa shape index (κ3) is 2.42. The average molecular weight is 225 g/mol. The van der Waals surface area contributed by atoms with Gasteiger partial charge in [-0.05, 0) is 30.2 Å². The average Bonchev–Trinajstić information content (AvgIpc) is 2.57. The zero-order chi connectivity index (χ0) is 10.7. The summed E-state index contributed by atoms with van der Waals surface area (Å²) < 4.78 is 0. The van der Waals surface area contributed by atoms with Crippen LogP contribution < -0.4 is 10.6 Å². The Bertz CT molecular complexity index is 379. The minimum atomic E-state index is 0.0721. The van der Waals surface area contributed by atoms with E-state index in [0.717, 1.165) is 29.9 Å². The summed E-state index contributed by atoms with van der Waals surface area (Å²) in [4.78, 5) is 11.1. The van der Waals surface area contributed by atoms with E-state index in [1.165, 1.54) is 0 Å². The molecule has 1 amide bonds. The van der Waals surface area contributed by atoms with Crippen molar-refractivity contribution in [2.24, 2.45) is 0 Å². The van der Waals surface area contributed by atoms with Gasteiger partial charge in [-0.1, -0.05) is 0 Å². The highest BCUT2D eigenvalue weighted by Crippen LogP contribution is 2.25. The fraction of sp³-hybridized carbons (Fsp3) is 0.364. The van der Waals surface area contributed by atoms with Crippen LogP contribution in [-0.2, 0) is 11.2 Å². The molecule has 0 spiro atoms. The van der Waals surface area contributed by atoms with E-state index in [1.54, 1.807) is 0 Å². The Morgan fingerprint density at radius 2 is 2.33 bits per heavy atom. The molecule has 0 bridgehead atoms. The number of fused-ring (bicyclic) bond motifs is 1. The van der Waals surface area contributed by atoms with Gasteiger partial charge in [0.05, 0.1) is 6.42 Å². The number of hydrogen-bond donors (Lipinski definition) is 2. The molecule has 0 unspecified atom stereocenters. The summed E-state index contributed by atoms with van der Waals surface area (Å²) in [5, 5.41) is 6.07. The Hall–Kier alpha value is -1.22. The summed E-state index contributed by atoms with van der Waals surface area (Å²) in [6, 6.07) is 5.92. The minimum Gasteiger partial charge on any atom is -0.385 e. The molecule has 0 saturated heterocycles. The maximum Gasteiger partial charge on any atom is 0.228 e. The third-order valence-corrected chi connectivity index (χ3v) is 2.64. The van der Waals surface area contributed by atoms with Gasteiger partial charge in [0.15, 0.2) is 0 Å². The maximum absolute atomic E-state index is 11.1. The van der Waals surface area contributed by atoms with Crippen molar-refractivity contribution in [3.8, 4) is 0 Å². The lowest BCUT2D eigenvalue weighted by Gasteiger charge is -2.06. The quantitative estimate of drug-likeness (QED) is 0.608. The zero-order valence-corrected chi connectivity index (χ0v) is 9.10. The van der Waals surface area contributed by atoms with Crippen LogP contribution >= 0.6 is 11.6 Å². The van der Waals surface area contributed by atoms with Crippen LogP contribution in [0.4, 0.5) is 11.4 Å². The maximum atomic E-state index is 11.1. The standard InChI is InChI=1S/C11H13ClN2O/c12-4-1-5-13-9-2-3-10-8(6-9)7-11(15)14-10/h2-3,6,13H,1,4-5,7H2,(H,14,15). The number of anilines is 2. The summed E-state index contributed by atoms with van der Waals surface area (Å²) in [7, 11) is 0. The molecule has 2 N–H and O–H groups in total. The smallest absolute Gasteiger partial charge is 0.228 e. The van der Waals surface area contributed by atoms with Gasteiger partial charge in [0.25, 0.3) is 0 Å². The van der Waals surface area contributed by atoms with Gasteiger partial charge in [-0.2, -0.15) is 0 Å². The van der Waals surface area contributed by atoms with Crippen molar-refractivity contribution in [2.75, 3.05) is 23.1 Å². The molecule has 1 aliphatic heterocycles. The predicted octanol–water partition coefficient (Wildman–Crippen LogP) is 2.22. The topological polar surface area (TPSA) is 41.1 Å². The van der Waals surface area contributed by atoms with Crippen molar-refractivity contribution in [2.45, 2.75) is 12.8 Å². The molecule has 0 radical (unpaired) electrons. The van der Waals surface area contributed by atoms with Crippen LogP contribution in [0, 0.1) is 0 Å². The van der Waals surface area contributed by atoms with Crippen molar-refractivity contribution in [3.05, 3.63) is 23.8 Å². The molecule has 1 aliphatic rings. The number of nitrogens with one attached hydrogen (secondary N) is 2. The summed E-state index contributed by atoms with van der Waals surface area (Å²) >= 11 is 5.59. The number of benzene rings is 1. The van der Waals surface area contributed by atoms with Gasteiger partial charge >= 0.3 is 0 Å². The van der Waals surface area contributed by atoms with Crippen molar-refractivity contribution in [3.63, 3.8) is 0 Å². The largest absolute Gasteiger partial charge is 0.385 e. The van der Waals surface area contributed by atoms with E-state index in [9.17, 15) is 4.79 Å². The summed E-state index contributed by atoms with van der Waals surface area (Å²) in [5.41, 5.74) is 3.05. The fourth-order valence-corrected chi connectivity index (χ4v) is 1.77. The Balaban J connectivity index is 2.03. The van der Waals surface area contributed by atoms with Crippen LogP contribution in [0.2, 0.25) is 0 Å². The third-order valence-electron chi connectivity index (χ3n) is 2.37. The van der Waals surface area contributed by atoms with Gasteiger partial charge in [-0.15, -0.1) is 11.6 Å². The Morgan fingerprint density at radius 1 is 1.47 bits per heavy atom. The van der Waals surface area contributed by atoms with Crippen LogP contribution in [-0.4, -0.2) is 18.3 Å². The number of amides is 1. The highest BCUT2D eigenvalue weighted by atomic mass is 35.5. The molecular formula is C11H13ClN2O. The normalized spacial score (nSPS) is 13.5. The predicted molar refractivity (Wildman–Crippen MR) is 62.6 cm³/mol. The summed E-state index contributed by atoms with van der Waals surface area (Å²) in [6.45, 7) is 0.865. The lowest BCUT2D eigenvalue weighted by Crippen LogP contribution is -2.03. The second-order valence-corrected chi connectivity index (χ2v) is 3.94. The van der Waals surface area contributed by atoms with Crippen LogP contribution in [0.1, 0.15) is 12.0 Å². The molecule has 0 saturated carbocycles. The van der Waals surface area contributed by atoms with Crippen molar-refractivity contribution < 1.29 is 4.79 Å². The summed E-state index contributed by atoms with van der Waals surface area (Å²) in [6.07, 6.45) is 1.43. The van der Waals surface area contributed by atoms with E-state index in [4.69, 9.17) is 11.6 Å². The Kier molecular flexibility index (Phi) is 3.11. The van der Waals surface area contributed by atoms with Crippen LogP contribution in [0.5, 0.6) is 0 Å². The SMILES string of the molecule is O=C1Cc2cc(NCCCCl)ccc2N1. The number of hydrogen-bond acceptors (Lipinski definition) is 2.